The van der Waals surface area contributed by atoms with Crippen molar-refractivity contribution in [2.75, 3.05) is 5.32 Å². The molecule has 30 heavy (non-hydrogen) atoms. The lowest BCUT2D eigenvalue weighted by molar-refractivity contribution is -0.121. The molecule has 0 unspecified atom stereocenters. The van der Waals surface area contributed by atoms with Crippen LogP contribution in [0.25, 0.3) is 22.6 Å². The van der Waals surface area contributed by atoms with E-state index in [2.05, 4.69) is 15.3 Å². The standard InChI is InChI=1S/C24H21N3O3/c28-20-14-17(8-9-18(20)22-27-19-15-25-13-10-21(19)30-22)26-23(29)24(11-4-5-12-24)16-6-2-1-3-7-16/h1-3,6-10,13-15,28H,4-5,11-12H2,(H,26,29). The van der Waals surface area contributed by atoms with Gasteiger partial charge in [-0.15, -0.1) is 0 Å². The van der Waals surface area contributed by atoms with Gasteiger partial charge in [0.25, 0.3) is 0 Å². The molecule has 2 heterocycles. The Hall–Kier alpha value is -3.67. The number of phenols is 1. The van der Waals surface area contributed by atoms with Crippen molar-refractivity contribution in [1.82, 2.24) is 9.97 Å². The van der Waals surface area contributed by atoms with E-state index in [4.69, 9.17) is 4.42 Å². The summed E-state index contributed by atoms with van der Waals surface area (Å²) in [5.41, 5.74) is 2.74. The molecule has 1 aliphatic rings. The molecule has 0 bridgehead atoms. The maximum Gasteiger partial charge on any atom is 0.235 e. The molecule has 0 radical (unpaired) electrons. The number of anilines is 1. The van der Waals surface area contributed by atoms with Crippen molar-refractivity contribution in [3.63, 3.8) is 0 Å². The molecule has 2 N–H and O–H groups in total. The Bertz CT molecular complexity index is 1180. The van der Waals surface area contributed by atoms with Gasteiger partial charge in [-0.05, 0) is 30.5 Å². The number of amides is 1. The molecule has 1 amide bonds. The van der Waals surface area contributed by atoms with Crippen molar-refractivity contribution >= 4 is 22.7 Å². The Kier molecular flexibility index (Phi) is 4.47. The van der Waals surface area contributed by atoms with Crippen molar-refractivity contribution in [3.05, 3.63) is 72.6 Å². The molecule has 1 fully saturated rings. The Labute approximate surface area is 173 Å². The maximum absolute atomic E-state index is 13.3. The molecule has 1 aliphatic carbocycles. The number of phenolic OH excluding ortho intramolecular Hbond substituents is 1. The Balaban J connectivity index is 1.42. The van der Waals surface area contributed by atoms with Gasteiger partial charge in [0.15, 0.2) is 5.58 Å². The normalized spacial score (nSPS) is 15.3. The van der Waals surface area contributed by atoms with Crippen molar-refractivity contribution in [2.45, 2.75) is 31.1 Å². The third kappa shape index (κ3) is 3.10. The van der Waals surface area contributed by atoms with Gasteiger partial charge < -0.3 is 14.8 Å². The van der Waals surface area contributed by atoms with Crippen LogP contribution in [0.4, 0.5) is 5.69 Å². The number of aromatic hydroxyl groups is 1. The third-order valence-corrected chi connectivity index (χ3v) is 5.89. The van der Waals surface area contributed by atoms with E-state index in [1.54, 1.807) is 30.6 Å². The molecule has 4 aromatic rings. The van der Waals surface area contributed by atoms with Gasteiger partial charge in [0.05, 0.1) is 17.2 Å². The second-order valence-electron chi connectivity index (χ2n) is 7.70. The van der Waals surface area contributed by atoms with Crippen LogP contribution in [0.3, 0.4) is 0 Å². The smallest absolute Gasteiger partial charge is 0.235 e. The van der Waals surface area contributed by atoms with Gasteiger partial charge >= 0.3 is 0 Å². The van der Waals surface area contributed by atoms with Gasteiger partial charge in [0.2, 0.25) is 11.8 Å². The number of carbonyl (C=O) groups is 1. The van der Waals surface area contributed by atoms with E-state index >= 15 is 0 Å². The van der Waals surface area contributed by atoms with Crippen LogP contribution in [0, 0.1) is 0 Å². The number of carbonyl (C=O) groups excluding carboxylic acids is 1. The maximum atomic E-state index is 13.3. The molecule has 2 aromatic carbocycles. The molecule has 1 saturated carbocycles. The predicted octanol–water partition coefficient (Wildman–Crippen LogP) is 5.05. The quantitative estimate of drug-likeness (QED) is 0.502. The lowest BCUT2D eigenvalue weighted by atomic mass is 9.78. The molecule has 150 valence electrons. The van der Waals surface area contributed by atoms with E-state index in [1.165, 1.54) is 6.07 Å². The van der Waals surface area contributed by atoms with Crippen LogP contribution in [0.15, 0.2) is 71.4 Å². The Morgan fingerprint density at radius 1 is 1.07 bits per heavy atom. The van der Waals surface area contributed by atoms with E-state index in [0.717, 1.165) is 31.2 Å². The van der Waals surface area contributed by atoms with Gasteiger partial charge in [-0.25, -0.2) is 4.98 Å². The number of rotatable bonds is 4. The van der Waals surface area contributed by atoms with Crippen molar-refractivity contribution in [1.29, 1.82) is 0 Å². The van der Waals surface area contributed by atoms with Gasteiger partial charge in [-0.3, -0.25) is 9.78 Å². The zero-order valence-electron chi connectivity index (χ0n) is 16.3. The number of hydrogen-bond donors (Lipinski definition) is 2. The number of nitrogens with zero attached hydrogens (tertiary/aromatic N) is 2. The Morgan fingerprint density at radius 3 is 2.60 bits per heavy atom. The number of aromatic nitrogens is 2. The highest BCUT2D eigenvalue weighted by Gasteiger charge is 2.42. The van der Waals surface area contributed by atoms with Crippen LogP contribution in [0.5, 0.6) is 5.75 Å². The zero-order chi connectivity index (χ0) is 20.6. The number of nitrogens with one attached hydrogen (secondary N) is 1. The fourth-order valence-electron chi connectivity index (χ4n) is 4.32. The first kappa shape index (κ1) is 18.4. The summed E-state index contributed by atoms with van der Waals surface area (Å²) in [6.45, 7) is 0. The van der Waals surface area contributed by atoms with Crippen LogP contribution in [-0.4, -0.2) is 21.0 Å². The number of benzene rings is 2. The molecular weight excluding hydrogens is 378 g/mol. The summed E-state index contributed by atoms with van der Waals surface area (Å²) in [7, 11) is 0. The molecular formula is C24H21N3O3. The van der Waals surface area contributed by atoms with Crippen molar-refractivity contribution < 1.29 is 14.3 Å². The lowest BCUT2D eigenvalue weighted by Crippen LogP contribution is -2.37. The molecule has 0 atom stereocenters. The highest BCUT2D eigenvalue weighted by molar-refractivity contribution is 5.99. The van der Waals surface area contributed by atoms with Crippen LogP contribution in [-0.2, 0) is 10.2 Å². The van der Waals surface area contributed by atoms with Crippen LogP contribution < -0.4 is 5.32 Å². The molecule has 6 heteroatoms. The van der Waals surface area contributed by atoms with Gasteiger partial charge in [0, 0.05) is 24.0 Å². The van der Waals surface area contributed by atoms with Crippen LogP contribution in [0.1, 0.15) is 31.2 Å². The minimum absolute atomic E-state index is 0.00695. The molecule has 0 saturated heterocycles. The van der Waals surface area contributed by atoms with Crippen LogP contribution in [0.2, 0.25) is 0 Å². The highest BCUT2D eigenvalue weighted by Crippen LogP contribution is 2.42. The molecule has 6 nitrogen and oxygen atoms in total. The predicted molar refractivity (Wildman–Crippen MR) is 114 cm³/mol. The summed E-state index contributed by atoms with van der Waals surface area (Å²) in [6, 6.07) is 16.7. The SMILES string of the molecule is O=C(Nc1ccc(-c2nc3cnccc3o2)c(O)c1)C1(c2ccccc2)CCCC1. The fraction of sp³-hybridized carbons (Fsp3) is 0.208. The monoisotopic (exact) mass is 399 g/mol. The minimum atomic E-state index is -0.525. The van der Waals surface area contributed by atoms with E-state index in [-0.39, 0.29) is 11.7 Å². The second kappa shape index (κ2) is 7.30. The number of pyridine rings is 1. The first-order valence-corrected chi connectivity index (χ1v) is 10.1. The minimum Gasteiger partial charge on any atom is -0.507 e. The number of hydrogen-bond acceptors (Lipinski definition) is 5. The van der Waals surface area contributed by atoms with Gasteiger partial charge in [0.1, 0.15) is 11.3 Å². The molecule has 2 aromatic heterocycles. The average Bonchev–Trinajstić information content (AvgIpc) is 3.42. The second-order valence-corrected chi connectivity index (χ2v) is 7.70. The summed E-state index contributed by atoms with van der Waals surface area (Å²) < 4.78 is 5.71. The topological polar surface area (TPSA) is 88.3 Å². The number of oxazole rings is 1. The van der Waals surface area contributed by atoms with Crippen molar-refractivity contribution in [2.24, 2.45) is 0 Å². The molecule has 5 rings (SSSR count). The summed E-state index contributed by atoms with van der Waals surface area (Å²) >= 11 is 0. The molecule has 0 aliphatic heterocycles. The van der Waals surface area contributed by atoms with Gasteiger partial charge in [-0.2, -0.15) is 0 Å². The first-order chi connectivity index (χ1) is 14.7. The first-order valence-electron chi connectivity index (χ1n) is 10.1. The van der Waals surface area contributed by atoms with Gasteiger partial charge in [-0.1, -0.05) is 43.2 Å². The van der Waals surface area contributed by atoms with E-state index < -0.39 is 5.41 Å². The average molecular weight is 399 g/mol. The van der Waals surface area contributed by atoms with Crippen molar-refractivity contribution in [3.8, 4) is 17.2 Å². The summed E-state index contributed by atoms with van der Waals surface area (Å²) in [5, 5.41) is 13.6. The lowest BCUT2D eigenvalue weighted by Gasteiger charge is -2.28. The zero-order valence-corrected chi connectivity index (χ0v) is 16.3. The van der Waals surface area contributed by atoms with E-state index in [1.807, 2.05) is 30.3 Å². The number of fused-ring (bicyclic) bond motifs is 1. The summed E-state index contributed by atoms with van der Waals surface area (Å²) in [5.74, 6) is 0.267. The van der Waals surface area contributed by atoms with Crippen LogP contribution >= 0.6 is 0 Å². The summed E-state index contributed by atoms with van der Waals surface area (Å²) in [4.78, 5) is 21.7. The fourth-order valence-corrected chi connectivity index (χ4v) is 4.32. The van der Waals surface area contributed by atoms with E-state index in [0.29, 0.717) is 28.2 Å². The highest BCUT2D eigenvalue weighted by atomic mass is 16.3. The Morgan fingerprint density at radius 2 is 1.87 bits per heavy atom. The molecule has 0 spiro atoms. The van der Waals surface area contributed by atoms with E-state index in [9.17, 15) is 9.90 Å². The summed E-state index contributed by atoms with van der Waals surface area (Å²) in [6.07, 6.45) is 6.94. The largest absolute Gasteiger partial charge is 0.507 e. The third-order valence-electron chi connectivity index (χ3n) is 5.89.